The predicted octanol–water partition coefficient (Wildman–Crippen LogP) is 3.83. The lowest BCUT2D eigenvalue weighted by molar-refractivity contribution is 0.382. The number of hydrogen-bond donors (Lipinski definition) is 3. The number of hydrogen-bond acceptors (Lipinski definition) is 2. The van der Waals surface area contributed by atoms with Gasteiger partial charge in [-0.25, -0.2) is 0 Å². The summed E-state index contributed by atoms with van der Waals surface area (Å²) in [6.45, 7) is 4.59. The Balaban J connectivity index is 1.72. The van der Waals surface area contributed by atoms with E-state index in [0.717, 1.165) is 34.4 Å². The molecule has 0 radical (unpaired) electrons. The molecular weight excluding hydrogens is 316 g/mol. The van der Waals surface area contributed by atoms with Crippen molar-refractivity contribution in [2.75, 3.05) is 6.54 Å². The molecule has 0 spiro atoms. The van der Waals surface area contributed by atoms with Gasteiger partial charge in [-0.15, -0.1) is 6.58 Å². The number of nitrogens with one attached hydrogen (secondary N) is 2. The van der Waals surface area contributed by atoms with Crippen LogP contribution >= 0.6 is 12.2 Å². The topological polar surface area (TPSA) is 44.3 Å². The molecule has 3 nitrogen and oxygen atoms in total. The standard InChI is InChI=1S/C20H24N2OS/c1-2-5-17-18(23)11-10-14-6-3-7-15(19(14)17)12-13-21-20(24)22-16-8-4-9-16/h2-3,6-7,10-11,16,23H,1,4-5,8-9,12-13H2,(H2,21,22,24). The maximum Gasteiger partial charge on any atom is 0.166 e. The fourth-order valence-corrected chi connectivity index (χ4v) is 3.45. The van der Waals surface area contributed by atoms with E-state index in [1.54, 1.807) is 6.07 Å². The molecule has 0 aliphatic heterocycles. The fraction of sp³-hybridized carbons (Fsp3) is 0.350. The van der Waals surface area contributed by atoms with Crippen LogP contribution in [0.5, 0.6) is 5.75 Å². The lowest BCUT2D eigenvalue weighted by atomic mass is 9.93. The normalized spacial score (nSPS) is 14.2. The molecule has 3 rings (SSSR count). The van der Waals surface area contributed by atoms with Crippen LogP contribution < -0.4 is 10.6 Å². The molecule has 1 saturated carbocycles. The van der Waals surface area contributed by atoms with Gasteiger partial charge in [0.1, 0.15) is 5.75 Å². The molecule has 3 N–H and O–H groups in total. The van der Waals surface area contributed by atoms with Gasteiger partial charge in [0.25, 0.3) is 0 Å². The molecule has 24 heavy (non-hydrogen) atoms. The minimum absolute atomic E-state index is 0.338. The molecular formula is C20H24N2OS. The van der Waals surface area contributed by atoms with Crippen LogP contribution in [0.1, 0.15) is 30.4 Å². The van der Waals surface area contributed by atoms with Crippen LogP contribution in [0.4, 0.5) is 0 Å². The first-order valence-corrected chi connectivity index (χ1v) is 8.97. The van der Waals surface area contributed by atoms with Crippen LogP contribution in [0.25, 0.3) is 10.8 Å². The molecule has 0 aromatic heterocycles. The molecule has 0 bridgehead atoms. The Morgan fingerprint density at radius 2 is 2.12 bits per heavy atom. The summed E-state index contributed by atoms with van der Waals surface area (Å²) in [6, 6.07) is 10.6. The summed E-state index contributed by atoms with van der Waals surface area (Å²) in [5.74, 6) is 0.338. The van der Waals surface area contributed by atoms with E-state index in [2.05, 4.69) is 35.4 Å². The van der Waals surface area contributed by atoms with Gasteiger partial charge in [-0.3, -0.25) is 0 Å². The molecule has 0 atom stereocenters. The predicted molar refractivity (Wildman–Crippen MR) is 105 cm³/mol. The maximum atomic E-state index is 10.2. The number of aromatic hydroxyl groups is 1. The van der Waals surface area contributed by atoms with Gasteiger partial charge in [0.2, 0.25) is 0 Å². The molecule has 1 aliphatic rings. The molecule has 0 amide bonds. The average molecular weight is 340 g/mol. The van der Waals surface area contributed by atoms with Crippen molar-refractivity contribution in [2.24, 2.45) is 0 Å². The highest BCUT2D eigenvalue weighted by Gasteiger charge is 2.17. The van der Waals surface area contributed by atoms with Crippen molar-refractivity contribution in [1.82, 2.24) is 10.6 Å². The van der Waals surface area contributed by atoms with Gasteiger partial charge < -0.3 is 15.7 Å². The highest BCUT2D eigenvalue weighted by atomic mass is 32.1. The van der Waals surface area contributed by atoms with E-state index in [1.165, 1.54) is 24.8 Å². The van der Waals surface area contributed by atoms with Gasteiger partial charge in [-0.1, -0.05) is 30.3 Å². The van der Waals surface area contributed by atoms with Gasteiger partial charge in [0.15, 0.2) is 5.11 Å². The van der Waals surface area contributed by atoms with Crippen LogP contribution in [0.15, 0.2) is 43.0 Å². The molecule has 2 aromatic carbocycles. The number of phenols is 1. The Bertz CT molecular complexity index is 753. The number of fused-ring (bicyclic) bond motifs is 1. The Morgan fingerprint density at radius 1 is 1.29 bits per heavy atom. The zero-order valence-corrected chi connectivity index (χ0v) is 14.7. The Morgan fingerprint density at radius 3 is 2.83 bits per heavy atom. The zero-order chi connectivity index (χ0) is 16.9. The Labute approximate surface area is 148 Å². The van der Waals surface area contributed by atoms with E-state index >= 15 is 0 Å². The number of rotatable bonds is 6. The summed E-state index contributed by atoms with van der Waals surface area (Å²) < 4.78 is 0. The second-order valence-electron chi connectivity index (χ2n) is 6.35. The number of benzene rings is 2. The van der Waals surface area contributed by atoms with Crippen molar-refractivity contribution in [3.05, 3.63) is 54.1 Å². The quantitative estimate of drug-likeness (QED) is 0.552. The van der Waals surface area contributed by atoms with Crippen LogP contribution in [0.3, 0.4) is 0 Å². The highest BCUT2D eigenvalue weighted by Crippen LogP contribution is 2.30. The monoisotopic (exact) mass is 340 g/mol. The van der Waals surface area contributed by atoms with Crippen molar-refractivity contribution in [2.45, 2.75) is 38.1 Å². The number of phenolic OH excluding ortho intramolecular Hbond substituents is 1. The lowest BCUT2D eigenvalue weighted by Crippen LogP contribution is -2.45. The third kappa shape index (κ3) is 3.70. The molecule has 1 aliphatic carbocycles. The van der Waals surface area contributed by atoms with Gasteiger partial charge in [-0.05, 0) is 66.7 Å². The smallest absolute Gasteiger partial charge is 0.166 e. The molecule has 4 heteroatoms. The third-order valence-electron chi connectivity index (χ3n) is 4.68. The SMILES string of the molecule is C=CCc1c(O)ccc2cccc(CCNC(=S)NC3CCC3)c12. The number of allylic oxidation sites excluding steroid dienone is 1. The average Bonchev–Trinajstić information content (AvgIpc) is 2.54. The van der Waals surface area contributed by atoms with Gasteiger partial charge >= 0.3 is 0 Å². The second-order valence-corrected chi connectivity index (χ2v) is 6.76. The molecule has 0 unspecified atom stereocenters. The Kier molecular flexibility index (Phi) is 5.36. The summed E-state index contributed by atoms with van der Waals surface area (Å²) in [5.41, 5.74) is 2.17. The summed E-state index contributed by atoms with van der Waals surface area (Å²) in [6.07, 6.45) is 7.09. The second kappa shape index (κ2) is 7.67. The molecule has 0 heterocycles. The minimum atomic E-state index is 0.338. The van der Waals surface area contributed by atoms with Gasteiger partial charge in [0, 0.05) is 18.2 Å². The van der Waals surface area contributed by atoms with Crippen LogP contribution in [0, 0.1) is 0 Å². The van der Waals surface area contributed by atoms with Crippen LogP contribution in [-0.4, -0.2) is 22.8 Å². The Hall–Kier alpha value is -2.07. The summed E-state index contributed by atoms with van der Waals surface area (Å²) in [4.78, 5) is 0. The van der Waals surface area contributed by atoms with E-state index in [9.17, 15) is 5.11 Å². The van der Waals surface area contributed by atoms with Crippen molar-refractivity contribution < 1.29 is 5.11 Å². The largest absolute Gasteiger partial charge is 0.508 e. The van der Waals surface area contributed by atoms with Crippen molar-refractivity contribution in [1.29, 1.82) is 0 Å². The van der Waals surface area contributed by atoms with Crippen molar-refractivity contribution in [3.8, 4) is 5.75 Å². The van der Waals surface area contributed by atoms with Crippen molar-refractivity contribution >= 4 is 28.1 Å². The van der Waals surface area contributed by atoms with E-state index in [4.69, 9.17) is 12.2 Å². The van der Waals surface area contributed by atoms with E-state index in [0.29, 0.717) is 18.2 Å². The van der Waals surface area contributed by atoms with Crippen molar-refractivity contribution in [3.63, 3.8) is 0 Å². The lowest BCUT2D eigenvalue weighted by Gasteiger charge is -2.27. The third-order valence-corrected chi connectivity index (χ3v) is 4.95. The summed E-state index contributed by atoms with van der Waals surface area (Å²) in [5, 5.41) is 19.9. The number of thiocarbonyl (C=S) groups is 1. The van der Waals surface area contributed by atoms with Gasteiger partial charge in [0.05, 0.1) is 0 Å². The highest BCUT2D eigenvalue weighted by molar-refractivity contribution is 7.80. The summed E-state index contributed by atoms with van der Waals surface area (Å²) in [7, 11) is 0. The van der Waals surface area contributed by atoms with E-state index < -0.39 is 0 Å². The minimum Gasteiger partial charge on any atom is -0.508 e. The first kappa shape index (κ1) is 16.8. The van der Waals surface area contributed by atoms with E-state index in [1.807, 2.05) is 12.1 Å². The summed E-state index contributed by atoms with van der Waals surface area (Å²) >= 11 is 5.35. The van der Waals surface area contributed by atoms with Crippen LogP contribution in [0.2, 0.25) is 0 Å². The van der Waals surface area contributed by atoms with Crippen LogP contribution in [-0.2, 0) is 12.8 Å². The molecule has 1 fully saturated rings. The molecule has 2 aromatic rings. The van der Waals surface area contributed by atoms with Gasteiger partial charge in [-0.2, -0.15) is 0 Å². The first-order valence-electron chi connectivity index (χ1n) is 8.56. The first-order chi connectivity index (χ1) is 11.7. The fourth-order valence-electron chi connectivity index (χ4n) is 3.18. The van der Waals surface area contributed by atoms with E-state index in [-0.39, 0.29) is 0 Å². The molecule has 0 saturated heterocycles. The zero-order valence-electron chi connectivity index (χ0n) is 13.8. The maximum absolute atomic E-state index is 10.2. The molecule has 126 valence electrons.